The molecule has 116 valence electrons. The summed E-state index contributed by atoms with van der Waals surface area (Å²) in [5, 5.41) is 3.68. The van der Waals surface area contributed by atoms with Crippen LogP contribution in [0.1, 0.15) is 59.3 Å². The van der Waals surface area contributed by atoms with E-state index in [-0.39, 0.29) is 6.09 Å². The van der Waals surface area contributed by atoms with Gasteiger partial charge < -0.3 is 15.0 Å². The van der Waals surface area contributed by atoms with E-state index in [0.29, 0.717) is 12.1 Å². The second kappa shape index (κ2) is 6.33. The third kappa shape index (κ3) is 4.97. The fraction of sp³-hybridized carbons (Fsp3) is 0.938. The molecule has 0 aliphatic heterocycles. The molecule has 1 N–H and O–H groups in total. The minimum Gasteiger partial charge on any atom is -0.444 e. The number of ether oxygens (including phenoxy) is 1. The maximum Gasteiger partial charge on any atom is 0.410 e. The number of amides is 1. The first-order valence-electron chi connectivity index (χ1n) is 8.04. The second-order valence-electron chi connectivity index (χ2n) is 7.45. The number of nitrogens with one attached hydrogen (secondary N) is 1. The highest BCUT2D eigenvalue weighted by molar-refractivity contribution is 5.68. The number of carbonyl (C=O) groups excluding carboxylic acids is 1. The average Bonchev–Trinajstić information content (AvgIpc) is 3.18. The smallest absolute Gasteiger partial charge is 0.410 e. The molecule has 0 unspecified atom stereocenters. The van der Waals surface area contributed by atoms with Crippen molar-refractivity contribution in [1.29, 1.82) is 0 Å². The zero-order valence-electron chi connectivity index (χ0n) is 13.4. The zero-order chi connectivity index (χ0) is 14.8. The monoisotopic (exact) mass is 282 g/mol. The van der Waals surface area contributed by atoms with Gasteiger partial charge in [0.2, 0.25) is 0 Å². The predicted octanol–water partition coefficient (Wildman–Crippen LogP) is 3.16. The Morgan fingerprint density at radius 3 is 2.25 bits per heavy atom. The predicted molar refractivity (Wildman–Crippen MR) is 80.8 cm³/mol. The standard InChI is InChI=1S/C16H30N2O2/c1-16(2,3)20-15(19)18(4)14-9-7-13(8-10-14)17-11-12-5-6-12/h12-14,17H,5-11H2,1-4H3. The van der Waals surface area contributed by atoms with Crippen LogP contribution >= 0.6 is 0 Å². The van der Waals surface area contributed by atoms with Crippen molar-refractivity contribution in [2.24, 2.45) is 5.92 Å². The summed E-state index contributed by atoms with van der Waals surface area (Å²) in [4.78, 5) is 13.8. The van der Waals surface area contributed by atoms with Crippen molar-refractivity contribution >= 4 is 6.09 Å². The Kier molecular flexibility index (Phi) is 4.95. The molecule has 20 heavy (non-hydrogen) atoms. The zero-order valence-corrected chi connectivity index (χ0v) is 13.4. The maximum absolute atomic E-state index is 12.1. The summed E-state index contributed by atoms with van der Waals surface area (Å²) in [7, 11) is 1.87. The van der Waals surface area contributed by atoms with Gasteiger partial charge in [0.05, 0.1) is 0 Å². The third-order valence-electron chi connectivity index (χ3n) is 4.32. The van der Waals surface area contributed by atoms with Crippen molar-refractivity contribution in [3.8, 4) is 0 Å². The molecular weight excluding hydrogens is 252 g/mol. The molecule has 0 atom stereocenters. The van der Waals surface area contributed by atoms with Gasteiger partial charge in [0.1, 0.15) is 5.60 Å². The largest absolute Gasteiger partial charge is 0.444 e. The minimum atomic E-state index is -0.408. The van der Waals surface area contributed by atoms with Crippen LogP contribution in [0.3, 0.4) is 0 Å². The van der Waals surface area contributed by atoms with Crippen LogP contribution < -0.4 is 5.32 Å². The lowest BCUT2D eigenvalue weighted by atomic mass is 9.90. The lowest BCUT2D eigenvalue weighted by Crippen LogP contribution is -2.45. The summed E-state index contributed by atoms with van der Waals surface area (Å²) in [6.07, 6.45) is 7.13. The van der Waals surface area contributed by atoms with Crippen molar-refractivity contribution in [2.75, 3.05) is 13.6 Å². The van der Waals surface area contributed by atoms with E-state index in [1.165, 1.54) is 32.2 Å². The molecule has 0 aromatic carbocycles. The van der Waals surface area contributed by atoms with Crippen LogP contribution in [-0.2, 0) is 4.74 Å². The van der Waals surface area contributed by atoms with Gasteiger partial charge in [0.25, 0.3) is 0 Å². The molecule has 2 saturated carbocycles. The van der Waals surface area contributed by atoms with Crippen LogP contribution in [0.2, 0.25) is 0 Å². The van der Waals surface area contributed by atoms with E-state index in [0.717, 1.165) is 18.8 Å². The summed E-state index contributed by atoms with van der Waals surface area (Å²) >= 11 is 0. The van der Waals surface area contributed by atoms with Crippen LogP contribution in [0, 0.1) is 5.92 Å². The summed E-state index contributed by atoms with van der Waals surface area (Å²) in [6.45, 7) is 6.93. The van der Waals surface area contributed by atoms with E-state index in [1.807, 2.05) is 27.8 Å². The van der Waals surface area contributed by atoms with Crippen LogP contribution in [-0.4, -0.2) is 42.3 Å². The van der Waals surface area contributed by atoms with Crippen molar-refractivity contribution < 1.29 is 9.53 Å². The molecule has 2 aliphatic rings. The lowest BCUT2D eigenvalue weighted by molar-refractivity contribution is 0.0179. The number of hydrogen-bond acceptors (Lipinski definition) is 3. The Labute approximate surface area is 123 Å². The van der Waals surface area contributed by atoms with Crippen molar-refractivity contribution in [1.82, 2.24) is 10.2 Å². The highest BCUT2D eigenvalue weighted by Crippen LogP contribution is 2.29. The number of hydrogen-bond donors (Lipinski definition) is 1. The van der Waals surface area contributed by atoms with E-state index >= 15 is 0 Å². The molecule has 4 nitrogen and oxygen atoms in total. The number of rotatable bonds is 4. The Bertz CT molecular complexity index is 326. The van der Waals surface area contributed by atoms with Crippen molar-refractivity contribution in [3.05, 3.63) is 0 Å². The summed E-state index contributed by atoms with van der Waals surface area (Å²) in [5.41, 5.74) is -0.408. The quantitative estimate of drug-likeness (QED) is 0.861. The molecule has 0 saturated heterocycles. The van der Waals surface area contributed by atoms with Gasteiger partial charge in [-0.25, -0.2) is 4.79 Å². The Morgan fingerprint density at radius 2 is 1.75 bits per heavy atom. The summed E-state index contributed by atoms with van der Waals surface area (Å²) < 4.78 is 5.44. The molecule has 2 aliphatic carbocycles. The molecule has 0 bridgehead atoms. The van der Waals surface area contributed by atoms with Crippen LogP contribution in [0.4, 0.5) is 4.79 Å². The summed E-state index contributed by atoms with van der Waals surface area (Å²) in [5.74, 6) is 0.942. The molecule has 0 radical (unpaired) electrons. The molecule has 0 spiro atoms. The maximum atomic E-state index is 12.1. The molecule has 2 fully saturated rings. The fourth-order valence-electron chi connectivity index (χ4n) is 2.81. The van der Waals surface area contributed by atoms with Gasteiger partial charge in [0.15, 0.2) is 0 Å². The highest BCUT2D eigenvalue weighted by Gasteiger charge is 2.30. The van der Waals surface area contributed by atoms with Crippen molar-refractivity contribution in [3.63, 3.8) is 0 Å². The minimum absolute atomic E-state index is 0.188. The highest BCUT2D eigenvalue weighted by atomic mass is 16.6. The van der Waals surface area contributed by atoms with Gasteiger partial charge in [-0.3, -0.25) is 0 Å². The van der Waals surface area contributed by atoms with Crippen molar-refractivity contribution in [2.45, 2.75) is 77.0 Å². The first-order valence-corrected chi connectivity index (χ1v) is 8.04. The lowest BCUT2D eigenvalue weighted by Gasteiger charge is -2.35. The van der Waals surface area contributed by atoms with Crippen LogP contribution in [0.15, 0.2) is 0 Å². The molecule has 0 aromatic rings. The third-order valence-corrected chi connectivity index (χ3v) is 4.32. The average molecular weight is 282 g/mol. The van der Waals surface area contributed by atoms with Crippen LogP contribution in [0.5, 0.6) is 0 Å². The Balaban J connectivity index is 1.70. The molecule has 1 amide bonds. The first-order chi connectivity index (χ1) is 9.35. The number of carbonyl (C=O) groups is 1. The van der Waals surface area contributed by atoms with E-state index in [1.54, 1.807) is 4.90 Å². The van der Waals surface area contributed by atoms with E-state index in [9.17, 15) is 4.79 Å². The van der Waals surface area contributed by atoms with E-state index in [2.05, 4.69) is 5.32 Å². The van der Waals surface area contributed by atoms with Gasteiger partial charge >= 0.3 is 6.09 Å². The molecular formula is C16H30N2O2. The Hall–Kier alpha value is -0.770. The Morgan fingerprint density at radius 1 is 1.15 bits per heavy atom. The molecule has 4 heteroatoms. The number of nitrogens with zero attached hydrogens (tertiary/aromatic N) is 1. The topological polar surface area (TPSA) is 41.6 Å². The second-order valence-corrected chi connectivity index (χ2v) is 7.45. The van der Waals surface area contributed by atoms with Gasteiger partial charge in [-0.15, -0.1) is 0 Å². The van der Waals surface area contributed by atoms with Gasteiger partial charge in [-0.05, 0) is 71.8 Å². The van der Waals surface area contributed by atoms with Gasteiger partial charge in [0, 0.05) is 19.1 Å². The van der Waals surface area contributed by atoms with E-state index in [4.69, 9.17) is 4.74 Å². The summed E-state index contributed by atoms with van der Waals surface area (Å²) in [6, 6.07) is 0.989. The SMILES string of the molecule is CN(C(=O)OC(C)(C)C)C1CCC(NCC2CC2)CC1. The molecule has 0 heterocycles. The first kappa shape index (κ1) is 15.6. The molecule has 2 rings (SSSR count). The fourth-order valence-corrected chi connectivity index (χ4v) is 2.81. The van der Waals surface area contributed by atoms with E-state index < -0.39 is 5.60 Å². The normalized spacial score (nSPS) is 27.2. The van der Waals surface area contributed by atoms with Crippen LogP contribution in [0.25, 0.3) is 0 Å². The van der Waals surface area contributed by atoms with Gasteiger partial charge in [-0.1, -0.05) is 0 Å². The molecule has 0 aromatic heterocycles. The van der Waals surface area contributed by atoms with Gasteiger partial charge in [-0.2, -0.15) is 0 Å².